The molecule has 5 rings (SSSR count). The number of aromatic nitrogens is 3. The lowest BCUT2D eigenvalue weighted by atomic mass is 9.97. The molecule has 5 nitrogen and oxygen atoms in total. The lowest BCUT2D eigenvalue weighted by molar-refractivity contribution is -0.143. The third-order valence-electron chi connectivity index (χ3n) is 5.97. The highest BCUT2D eigenvalue weighted by molar-refractivity contribution is 8.01. The van der Waals surface area contributed by atoms with Crippen LogP contribution < -0.4 is 0 Å². The molecule has 1 unspecified atom stereocenters. The molecule has 0 spiro atoms. The standard InChI is InChI=1S/C24H13Cl2F6N3O2S2/c1-8-17(10-3-11(23(27,28)29)5-12(4-10)24(30,31)32)19(20(36)37)35(34-8)22-33-18-14-7-16(26)15(25)6-13(14)9(2)38-21(18)39-22/h3-7,9H,1-2H3,(H,36,37). The second-order valence-corrected chi connectivity index (χ2v) is 12.0. The van der Waals surface area contributed by atoms with Crippen molar-refractivity contribution >= 4 is 52.3 Å². The van der Waals surface area contributed by atoms with Crippen LogP contribution in [-0.4, -0.2) is 25.8 Å². The molecule has 0 bridgehead atoms. The molecular formula is C24H13Cl2F6N3O2S2. The van der Waals surface area contributed by atoms with Gasteiger partial charge in [0.15, 0.2) is 5.69 Å². The van der Waals surface area contributed by atoms with Gasteiger partial charge in [-0.1, -0.05) is 34.5 Å². The molecular weight excluding hydrogens is 611 g/mol. The van der Waals surface area contributed by atoms with Crippen molar-refractivity contribution in [2.45, 2.75) is 35.7 Å². The summed E-state index contributed by atoms with van der Waals surface area (Å²) < 4.78 is 82.5. The van der Waals surface area contributed by atoms with Crippen molar-refractivity contribution in [2.24, 2.45) is 0 Å². The zero-order chi connectivity index (χ0) is 28.6. The van der Waals surface area contributed by atoms with Gasteiger partial charge in [0.2, 0.25) is 5.13 Å². The van der Waals surface area contributed by atoms with Crippen molar-refractivity contribution in [1.29, 1.82) is 0 Å². The Morgan fingerprint density at radius 1 is 1.00 bits per heavy atom. The fourth-order valence-corrected chi connectivity index (χ4v) is 7.14. The Labute approximate surface area is 234 Å². The molecule has 0 saturated heterocycles. The van der Waals surface area contributed by atoms with Crippen molar-refractivity contribution < 1.29 is 36.2 Å². The summed E-state index contributed by atoms with van der Waals surface area (Å²) in [4.78, 5) is 16.9. The quantitative estimate of drug-likeness (QED) is 0.230. The number of aryl methyl sites for hydroxylation is 1. The molecule has 0 amide bonds. The first-order valence-electron chi connectivity index (χ1n) is 10.9. The van der Waals surface area contributed by atoms with Gasteiger partial charge in [0.05, 0.1) is 36.8 Å². The molecule has 2 aromatic heterocycles. The van der Waals surface area contributed by atoms with E-state index in [1.54, 1.807) is 12.1 Å². The molecule has 2 aromatic carbocycles. The largest absolute Gasteiger partial charge is 0.476 e. The first-order chi connectivity index (χ1) is 18.1. The molecule has 0 fully saturated rings. The third-order valence-corrected chi connectivity index (χ3v) is 9.08. The Hall–Kier alpha value is -2.74. The maximum atomic E-state index is 13.5. The number of thioether (sulfide) groups is 1. The predicted molar refractivity (Wildman–Crippen MR) is 136 cm³/mol. The minimum absolute atomic E-state index is 0.0220. The summed E-state index contributed by atoms with van der Waals surface area (Å²) in [5.41, 5.74) is -2.84. The molecule has 0 radical (unpaired) electrons. The van der Waals surface area contributed by atoms with Crippen LogP contribution in [0, 0.1) is 6.92 Å². The van der Waals surface area contributed by atoms with Crippen molar-refractivity contribution in [1.82, 2.24) is 14.8 Å². The maximum Gasteiger partial charge on any atom is 0.416 e. The lowest BCUT2D eigenvalue weighted by Crippen LogP contribution is -2.12. The molecule has 0 saturated carbocycles. The zero-order valence-electron chi connectivity index (χ0n) is 19.5. The molecule has 39 heavy (non-hydrogen) atoms. The fraction of sp³-hybridized carbons (Fsp3) is 0.208. The number of fused-ring (bicyclic) bond motifs is 3. The van der Waals surface area contributed by atoms with Gasteiger partial charge in [-0.05, 0) is 55.3 Å². The average Bonchev–Trinajstić information content (AvgIpc) is 3.40. The van der Waals surface area contributed by atoms with Gasteiger partial charge in [-0.25, -0.2) is 9.78 Å². The fourth-order valence-electron chi connectivity index (χ4n) is 4.27. The van der Waals surface area contributed by atoms with Gasteiger partial charge in [0.1, 0.15) is 0 Å². The first-order valence-corrected chi connectivity index (χ1v) is 13.3. The van der Waals surface area contributed by atoms with Crippen LogP contribution in [0.15, 0.2) is 34.5 Å². The van der Waals surface area contributed by atoms with E-state index in [1.807, 2.05) is 6.92 Å². The highest BCUT2D eigenvalue weighted by Crippen LogP contribution is 2.53. The number of hydrogen-bond acceptors (Lipinski definition) is 5. The first kappa shape index (κ1) is 27.8. The molecule has 1 aliphatic heterocycles. The summed E-state index contributed by atoms with van der Waals surface area (Å²) in [6.45, 7) is 3.23. The monoisotopic (exact) mass is 623 g/mol. The zero-order valence-corrected chi connectivity index (χ0v) is 22.6. The van der Waals surface area contributed by atoms with E-state index in [0.717, 1.165) is 21.6 Å². The van der Waals surface area contributed by atoms with Crippen LogP contribution in [0.5, 0.6) is 0 Å². The number of aromatic carboxylic acids is 1. The average molecular weight is 624 g/mol. The van der Waals surface area contributed by atoms with Crippen LogP contribution >= 0.6 is 46.3 Å². The van der Waals surface area contributed by atoms with E-state index in [0.29, 0.717) is 32.6 Å². The number of nitrogens with zero attached hydrogens (tertiary/aromatic N) is 3. The van der Waals surface area contributed by atoms with E-state index in [2.05, 4.69) is 10.1 Å². The number of benzene rings is 2. The molecule has 4 aromatic rings. The highest BCUT2D eigenvalue weighted by Gasteiger charge is 2.38. The summed E-state index contributed by atoms with van der Waals surface area (Å²) in [7, 11) is 0. The van der Waals surface area contributed by atoms with Gasteiger partial charge in [-0.15, -0.1) is 11.8 Å². The summed E-state index contributed by atoms with van der Waals surface area (Å²) >= 11 is 14.9. The van der Waals surface area contributed by atoms with Crippen molar-refractivity contribution in [3.8, 4) is 27.5 Å². The van der Waals surface area contributed by atoms with Gasteiger partial charge in [0.25, 0.3) is 0 Å². The summed E-state index contributed by atoms with van der Waals surface area (Å²) in [6, 6.07) is 4.27. The van der Waals surface area contributed by atoms with Crippen LogP contribution in [0.4, 0.5) is 26.3 Å². The number of rotatable bonds is 3. The van der Waals surface area contributed by atoms with E-state index in [4.69, 9.17) is 23.2 Å². The number of thiazole rings is 1. The molecule has 0 aliphatic carbocycles. The van der Waals surface area contributed by atoms with Gasteiger partial charge < -0.3 is 5.11 Å². The third kappa shape index (κ3) is 4.90. The van der Waals surface area contributed by atoms with Gasteiger partial charge in [-0.2, -0.15) is 36.1 Å². The van der Waals surface area contributed by atoms with Gasteiger partial charge in [-0.3, -0.25) is 0 Å². The van der Waals surface area contributed by atoms with Crippen LogP contribution in [0.1, 0.15) is 45.0 Å². The summed E-state index contributed by atoms with van der Waals surface area (Å²) in [5.74, 6) is -1.61. The highest BCUT2D eigenvalue weighted by atomic mass is 35.5. The van der Waals surface area contributed by atoms with E-state index in [9.17, 15) is 36.2 Å². The Balaban J connectivity index is 1.72. The molecule has 1 N–H and O–H groups in total. The topological polar surface area (TPSA) is 68.0 Å². The Kier molecular flexibility index (Phi) is 6.72. The number of halogens is 8. The molecule has 15 heteroatoms. The number of carbonyl (C=O) groups is 1. The van der Waals surface area contributed by atoms with E-state index >= 15 is 0 Å². The minimum atomic E-state index is -5.11. The van der Waals surface area contributed by atoms with Crippen molar-refractivity contribution in [3.63, 3.8) is 0 Å². The predicted octanol–water partition coefficient (Wildman–Crippen LogP) is 9.18. The molecule has 204 valence electrons. The Morgan fingerprint density at radius 2 is 1.59 bits per heavy atom. The van der Waals surface area contributed by atoms with Crippen LogP contribution in [-0.2, 0) is 12.4 Å². The molecule has 3 heterocycles. The number of carboxylic acids is 1. The second kappa shape index (κ2) is 9.43. The van der Waals surface area contributed by atoms with E-state index in [-0.39, 0.29) is 32.7 Å². The maximum absolute atomic E-state index is 13.5. The van der Waals surface area contributed by atoms with E-state index in [1.165, 1.54) is 18.7 Å². The van der Waals surface area contributed by atoms with Crippen LogP contribution in [0.3, 0.4) is 0 Å². The van der Waals surface area contributed by atoms with Crippen LogP contribution in [0.25, 0.3) is 27.5 Å². The normalized spacial score (nSPS) is 15.3. The van der Waals surface area contributed by atoms with Crippen molar-refractivity contribution in [2.75, 3.05) is 0 Å². The van der Waals surface area contributed by atoms with Crippen LogP contribution in [0.2, 0.25) is 10.0 Å². The molecule has 1 atom stereocenters. The second-order valence-electron chi connectivity index (χ2n) is 8.57. The summed E-state index contributed by atoms with van der Waals surface area (Å²) in [6.07, 6.45) is -10.2. The summed E-state index contributed by atoms with van der Waals surface area (Å²) in [5, 5.41) is 14.9. The smallest absolute Gasteiger partial charge is 0.416 e. The van der Waals surface area contributed by atoms with Gasteiger partial charge in [0, 0.05) is 16.4 Å². The Bertz CT molecular complexity index is 1630. The number of hydrogen-bond donors (Lipinski definition) is 1. The Morgan fingerprint density at radius 3 is 2.15 bits per heavy atom. The SMILES string of the molecule is Cc1nn(-c2nc3c(s2)SC(C)c2cc(Cl)c(Cl)cc2-3)c(C(=O)O)c1-c1cc(C(F)(F)F)cc(C(F)(F)F)c1. The van der Waals surface area contributed by atoms with Gasteiger partial charge >= 0.3 is 18.3 Å². The molecule has 1 aliphatic rings. The minimum Gasteiger partial charge on any atom is -0.476 e. The lowest BCUT2D eigenvalue weighted by Gasteiger charge is -2.21. The van der Waals surface area contributed by atoms with E-state index < -0.39 is 40.7 Å². The number of carboxylic acid groups (broad SMARTS) is 1. The number of alkyl halides is 6. The van der Waals surface area contributed by atoms with Crippen molar-refractivity contribution in [3.05, 3.63) is 68.5 Å².